The van der Waals surface area contributed by atoms with E-state index in [1.807, 2.05) is 22.6 Å². The van der Waals surface area contributed by atoms with Gasteiger partial charge in [0.1, 0.15) is 11.6 Å². The molecule has 2 rings (SSSR count). The molecule has 1 saturated heterocycles. The fourth-order valence-electron chi connectivity index (χ4n) is 1.47. The Morgan fingerprint density at radius 2 is 2.50 bits per heavy atom. The van der Waals surface area contributed by atoms with Crippen LogP contribution in [0.15, 0.2) is 12.3 Å². The number of rotatable bonds is 2. The van der Waals surface area contributed by atoms with E-state index in [-0.39, 0.29) is 11.8 Å². The molecule has 1 fully saturated rings. The van der Waals surface area contributed by atoms with Crippen molar-refractivity contribution >= 4 is 34.3 Å². The Morgan fingerprint density at radius 1 is 1.69 bits per heavy atom. The van der Waals surface area contributed by atoms with Crippen molar-refractivity contribution in [1.29, 1.82) is 0 Å². The number of hydrogen-bond acceptors (Lipinski definition) is 3. The lowest BCUT2D eigenvalue weighted by Crippen LogP contribution is -2.23. The minimum Gasteiger partial charge on any atom is -0.381 e. The van der Waals surface area contributed by atoms with Crippen molar-refractivity contribution in [2.45, 2.75) is 6.42 Å². The topological polar surface area (TPSA) is 51.2 Å². The molecule has 0 saturated carbocycles. The first-order valence-electron chi connectivity index (χ1n) is 4.86. The molecule has 4 nitrogen and oxygen atoms in total. The van der Waals surface area contributed by atoms with Crippen LogP contribution in [-0.2, 0) is 9.53 Å². The predicted octanol–water partition coefficient (Wildman–Crippen LogP) is 1.80. The number of amides is 1. The number of anilines is 1. The van der Waals surface area contributed by atoms with Crippen LogP contribution < -0.4 is 5.32 Å². The molecule has 1 atom stereocenters. The van der Waals surface area contributed by atoms with Crippen LogP contribution in [0.4, 0.5) is 10.2 Å². The van der Waals surface area contributed by atoms with E-state index in [2.05, 4.69) is 10.3 Å². The van der Waals surface area contributed by atoms with Gasteiger partial charge in [0.2, 0.25) is 5.91 Å². The summed E-state index contributed by atoms with van der Waals surface area (Å²) in [5.41, 5.74) is 0. The summed E-state index contributed by atoms with van der Waals surface area (Å²) >= 11 is 1.93. The van der Waals surface area contributed by atoms with Gasteiger partial charge in [-0.3, -0.25) is 4.79 Å². The summed E-state index contributed by atoms with van der Waals surface area (Å²) in [7, 11) is 0. The molecule has 0 radical (unpaired) electrons. The smallest absolute Gasteiger partial charge is 0.231 e. The molecule has 1 aromatic rings. The maximum atomic E-state index is 12.8. The third-order valence-electron chi connectivity index (χ3n) is 2.35. The number of halogens is 2. The number of nitrogens with one attached hydrogen (secondary N) is 1. The van der Waals surface area contributed by atoms with Crippen LogP contribution in [0.25, 0.3) is 0 Å². The summed E-state index contributed by atoms with van der Waals surface area (Å²) in [6, 6.07) is 1.33. The lowest BCUT2D eigenvalue weighted by Gasteiger charge is -2.09. The highest BCUT2D eigenvalue weighted by Gasteiger charge is 2.24. The van der Waals surface area contributed by atoms with E-state index in [0.29, 0.717) is 22.6 Å². The van der Waals surface area contributed by atoms with E-state index in [9.17, 15) is 9.18 Å². The molecular weight excluding hydrogens is 326 g/mol. The fraction of sp³-hybridized carbons (Fsp3) is 0.400. The van der Waals surface area contributed by atoms with Crippen molar-refractivity contribution in [2.75, 3.05) is 18.5 Å². The van der Waals surface area contributed by atoms with Crippen molar-refractivity contribution in [3.63, 3.8) is 0 Å². The van der Waals surface area contributed by atoms with Crippen LogP contribution in [0.3, 0.4) is 0 Å². The lowest BCUT2D eigenvalue weighted by molar-refractivity contribution is -0.119. The number of ether oxygens (including phenoxy) is 1. The predicted molar refractivity (Wildman–Crippen MR) is 64.5 cm³/mol. The maximum Gasteiger partial charge on any atom is 0.231 e. The first-order chi connectivity index (χ1) is 7.66. The van der Waals surface area contributed by atoms with Crippen LogP contribution >= 0.6 is 22.6 Å². The minimum atomic E-state index is -0.411. The van der Waals surface area contributed by atoms with Gasteiger partial charge in [-0.25, -0.2) is 9.37 Å². The number of aromatic nitrogens is 1. The Labute approximate surface area is 106 Å². The van der Waals surface area contributed by atoms with Gasteiger partial charge in [0.25, 0.3) is 0 Å². The number of nitrogens with zero attached hydrogens (tertiary/aromatic N) is 1. The van der Waals surface area contributed by atoms with Gasteiger partial charge in [-0.15, -0.1) is 0 Å². The second-order valence-corrected chi connectivity index (χ2v) is 4.70. The molecule has 1 N–H and O–H groups in total. The molecule has 0 bridgehead atoms. The fourth-order valence-corrected chi connectivity index (χ4v) is 2.04. The van der Waals surface area contributed by atoms with Crippen LogP contribution in [0.1, 0.15) is 6.42 Å². The Bertz CT molecular complexity index is 408. The first kappa shape index (κ1) is 11.7. The minimum absolute atomic E-state index is 0.116. The van der Waals surface area contributed by atoms with Crippen LogP contribution in [0.2, 0.25) is 0 Å². The van der Waals surface area contributed by atoms with E-state index in [1.54, 1.807) is 0 Å². The monoisotopic (exact) mass is 336 g/mol. The molecule has 6 heteroatoms. The second-order valence-electron chi connectivity index (χ2n) is 3.53. The van der Waals surface area contributed by atoms with Gasteiger partial charge in [-0.05, 0) is 35.1 Å². The van der Waals surface area contributed by atoms with Crippen molar-refractivity contribution in [2.24, 2.45) is 5.92 Å². The average Bonchev–Trinajstić information content (AvgIpc) is 2.75. The van der Waals surface area contributed by atoms with Crippen LogP contribution in [0.5, 0.6) is 0 Å². The molecule has 1 aliphatic rings. The van der Waals surface area contributed by atoms with E-state index >= 15 is 0 Å². The van der Waals surface area contributed by atoms with E-state index < -0.39 is 5.82 Å². The van der Waals surface area contributed by atoms with Gasteiger partial charge < -0.3 is 10.1 Å². The third-order valence-corrected chi connectivity index (χ3v) is 3.17. The zero-order valence-electron chi connectivity index (χ0n) is 8.37. The van der Waals surface area contributed by atoms with Gasteiger partial charge >= 0.3 is 0 Å². The highest BCUT2D eigenvalue weighted by atomic mass is 127. The molecule has 1 aromatic heterocycles. The lowest BCUT2D eigenvalue weighted by atomic mass is 10.1. The van der Waals surface area contributed by atoms with Crippen LogP contribution in [0, 0.1) is 15.3 Å². The first-order valence-corrected chi connectivity index (χ1v) is 5.94. The van der Waals surface area contributed by atoms with Gasteiger partial charge in [-0.2, -0.15) is 0 Å². The highest BCUT2D eigenvalue weighted by molar-refractivity contribution is 14.1. The molecular formula is C10H10FIN2O2. The summed E-state index contributed by atoms with van der Waals surface area (Å²) in [4.78, 5) is 15.6. The maximum absolute atomic E-state index is 12.8. The van der Waals surface area contributed by atoms with Gasteiger partial charge in [-0.1, -0.05) is 0 Å². The van der Waals surface area contributed by atoms with Crippen molar-refractivity contribution < 1.29 is 13.9 Å². The largest absolute Gasteiger partial charge is 0.381 e. The average molecular weight is 336 g/mol. The second kappa shape index (κ2) is 5.05. The molecule has 1 amide bonds. The summed E-state index contributed by atoms with van der Waals surface area (Å²) in [5, 5.41) is 2.68. The molecule has 0 spiro atoms. The molecule has 2 heterocycles. The Morgan fingerprint density at radius 3 is 3.12 bits per heavy atom. The summed E-state index contributed by atoms with van der Waals surface area (Å²) < 4.78 is 18.5. The number of carbonyl (C=O) groups excluding carboxylic acids is 1. The summed E-state index contributed by atoms with van der Waals surface area (Å²) in [6.45, 7) is 1.07. The zero-order chi connectivity index (χ0) is 11.5. The molecule has 1 aliphatic heterocycles. The van der Waals surface area contributed by atoms with E-state index in [1.165, 1.54) is 6.07 Å². The Kier molecular flexibility index (Phi) is 3.70. The van der Waals surface area contributed by atoms with Gasteiger partial charge in [0.15, 0.2) is 0 Å². The Balaban J connectivity index is 2.05. The summed E-state index contributed by atoms with van der Waals surface area (Å²) in [5.74, 6) is -0.248. The van der Waals surface area contributed by atoms with Crippen molar-refractivity contribution in [1.82, 2.24) is 4.98 Å². The van der Waals surface area contributed by atoms with Crippen molar-refractivity contribution in [3.05, 3.63) is 21.7 Å². The van der Waals surface area contributed by atoms with Crippen LogP contribution in [-0.4, -0.2) is 24.1 Å². The molecule has 0 aromatic carbocycles. The quantitative estimate of drug-likeness (QED) is 0.838. The molecule has 16 heavy (non-hydrogen) atoms. The SMILES string of the molecule is O=C(Nc1ncc(F)cc1I)[C@@H]1CCOC1. The highest BCUT2D eigenvalue weighted by Crippen LogP contribution is 2.19. The van der Waals surface area contributed by atoms with Gasteiger partial charge in [0.05, 0.1) is 22.3 Å². The van der Waals surface area contributed by atoms with Gasteiger partial charge in [0, 0.05) is 6.61 Å². The molecule has 0 aliphatic carbocycles. The summed E-state index contributed by atoms with van der Waals surface area (Å²) in [6.07, 6.45) is 1.81. The third kappa shape index (κ3) is 2.67. The number of pyridine rings is 1. The number of hydrogen-bond donors (Lipinski definition) is 1. The molecule has 86 valence electrons. The zero-order valence-corrected chi connectivity index (χ0v) is 10.5. The van der Waals surface area contributed by atoms with E-state index in [0.717, 1.165) is 12.6 Å². The van der Waals surface area contributed by atoms with Crippen molar-refractivity contribution in [3.8, 4) is 0 Å². The van der Waals surface area contributed by atoms with E-state index in [4.69, 9.17) is 4.74 Å². The normalized spacial score (nSPS) is 19.8. The standard InChI is InChI=1S/C10H10FIN2O2/c11-7-3-8(12)9(13-4-7)14-10(15)6-1-2-16-5-6/h3-4,6H,1-2,5H2,(H,13,14,15)/t6-/m1/s1. The molecule has 0 unspecified atom stereocenters. The number of carbonyl (C=O) groups is 1. The Hall–Kier alpha value is -0.760.